The summed E-state index contributed by atoms with van der Waals surface area (Å²) in [7, 11) is 0. The first-order valence-corrected chi connectivity index (χ1v) is 9.24. The minimum absolute atomic E-state index is 0.0590. The summed E-state index contributed by atoms with van der Waals surface area (Å²) in [6, 6.07) is 0.198. The van der Waals surface area contributed by atoms with E-state index < -0.39 is 0 Å². The van der Waals surface area contributed by atoms with E-state index in [0.29, 0.717) is 5.92 Å². The molecule has 0 unspecified atom stereocenters. The highest BCUT2D eigenvalue weighted by molar-refractivity contribution is 7.18. The maximum Gasteiger partial charge on any atom is 0.262 e. The maximum atomic E-state index is 12.8. The minimum Gasteiger partial charge on any atom is -0.352 e. The van der Waals surface area contributed by atoms with Crippen LogP contribution in [0, 0.1) is 5.92 Å². The van der Waals surface area contributed by atoms with Gasteiger partial charge in [-0.15, -0.1) is 11.3 Å². The Morgan fingerprint density at radius 2 is 2.22 bits per heavy atom. The molecule has 0 saturated heterocycles. The molecule has 0 spiro atoms. The number of nitrogens with zero attached hydrogens (tertiary/aromatic N) is 2. The van der Waals surface area contributed by atoms with Gasteiger partial charge in [0.1, 0.15) is 11.4 Å². The molecule has 2 aliphatic rings. The van der Waals surface area contributed by atoms with Gasteiger partial charge in [-0.2, -0.15) is 0 Å². The molecule has 0 bridgehead atoms. The summed E-state index contributed by atoms with van der Waals surface area (Å²) in [6.07, 6.45) is 8.23. The Bertz CT molecular complexity index is 819. The predicted molar refractivity (Wildman–Crippen MR) is 90.9 cm³/mol. The van der Waals surface area contributed by atoms with Crippen molar-refractivity contribution in [1.82, 2.24) is 14.9 Å². The van der Waals surface area contributed by atoms with E-state index in [0.717, 1.165) is 29.5 Å². The molecule has 122 valence electrons. The Balaban J connectivity index is 1.61. The number of aromatic nitrogens is 2. The molecule has 2 aromatic rings. The quantitative estimate of drug-likeness (QED) is 0.934. The summed E-state index contributed by atoms with van der Waals surface area (Å²) in [5.41, 5.74) is 1.11. The molecular formula is C17H21N3O2S. The van der Waals surface area contributed by atoms with E-state index >= 15 is 0 Å². The van der Waals surface area contributed by atoms with E-state index in [9.17, 15) is 9.59 Å². The van der Waals surface area contributed by atoms with Crippen LogP contribution in [-0.4, -0.2) is 21.5 Å². The summed E-state index contributed by atoms with van der Waals surface area (Å²) in [5.74, 6) is 0.511. The topological polar surface area (TPSA) is 64.0 Å². The van der Waals surface area contributed by atoms with Gasteiger partial charge < -0.3 is 5.32 Å². The zero-order valence-corrected chi connectivity index (χ0v) is 14.1. The molecular weight excluding hydrogens is 310 g/mol. The van der Waals surface area contributed by atoms with Gasteiger partial charge in [-0.05, 0) is 56.9 Å². The molecule has 2 heterocycles. The minimum atomic E-state index is -0.100. The summed E-state index contributed by atoms with van der Waals surface area (Å²) < 4.78 is 1.46. The van der Waals surface area contributed by atoms with E-state index in [1.54, 1.807) is 11.3 Å². The number of carbonyl (C=O) groups excluding carboxylic acids is 1. The molecule has 4 rings (SSSR count). The molecule has 0 radical (unpaired) electrons. The first-order valence-electron chi connectivity index (χ1n) is 8.42. The number of aryl methyl sites for hydroxylation is 2. The third kappa shape index (κ3) is 2.80. The van der Waals surface area contributed by atoms with Crippen LogP contribution in [0.4, 0.5) is 0 Å². The number of carbonyl (C=O) groups is 1. The van der Waals surface area contributed by atoms with Gasteiger partial charge >= 0.3 is 0 Å². The highest BCUT2D eigenvalue weighted by atomic mass is 32.1. The van der Waals surface area contributed by atoms with Gasteiger partial charge in [-0.25, -0.2) is 4.98 Å². The van der Waals surface area contributed by atoms with Crippen LogP contribution in [0.1, 0.15) is 43.0 Å². The molecule has 23 heavy (non-hydrogen) atoms. The first kappa shape index (κ1) is 14.9. The molecule has 0 aliphatic heterocycles. The molecule has 1 atom stereocenters. The van der Waals surface area contributed by atoms with Crippen molar-refractivity contribution in [3.63, 3.8) is 0 Å². The van der Waals surface area contributed by atoms with Crippen LogP contribution in [0.3, 0.4) is 0 Å². The second-order valence-electron chi connectivity index (χ2n) is 6.76. The van der Waals surface area contributed by atoms with Crippen LogP contribution in [0.15, 0.2) is 11.1 Å². The molecule has 1 amide bonds. The Morgan fingerprint density at radius 1 is 1.43 bits per heavy atom. The first-order chi connectivity index (χ1) is 11.1. The molecule has 5 nitrogen and oxygen atoms in total. The van der Waals surface area contributed by atoms with Crippen LogP contribution >= 0.6 is 11.3 Å². The smallest absolute Gasteiger partial charge is 0.262 e. The molecule has 6 heteroatoms. The Hall–Kier alpha value is -1.69. The largest absolute Gasteiger partial charge is 0.352 e. The van der Waals surface area contributed by atoms with Crippen LogP contribution in [0.2, 0.25) is 0 Å². The molecule has 2 aromatic heterocycles. The second kappa shape index (κ2) is 5.74. The summed E-state index contributed by atoms with van der Waals surface area (Å²) >= 11 is 1.64. The lowest BCUT2D eigenvalue weighted by Gasteiger charge is -2.13. The molecule has 2 aliphatic carbocycles. The fourth-order valence-corrected chi connectivity index (χ4v) is 4.68. The number of thiophene rings is 1. The third-order valence-corrected chi connectivity index (χ3v) is 6.17. The van der Waals surface area contributed by atoms with Gasteiger partial charge in [0.15, 0.2) is 0 Å². The van der Waals surface area contributed by atoms with Gasteiger partial charge in [0.05, 0.1) is 11.7 Å². The fourth-order valence-electron chi connectivity index (χ4n) is 3.46. The van der Waals surface area contributed by atoms with E-state index in [-0.39, 0.29) is 24.1 Å². The van der Waals surface area contributed by atoms with Crippen molar-refractivity contribution in [2.75, 3.05) is 0 Å². The average molecular weight is 331 g/mol. The zero-order chi connectivity index (χ0) is 16.0. The van der Waals surface area contributed by atoms with Crippen molar-refractivity contribution in [1.29, 1.82) is 0 Å². The third-order valence-electron chi connectivity index (χ3n) is 4.97. The van der Waals surface area contributed by atoms with E-state index in [4.69, 9.17) is 0 Å². The Morgan fingerprint density at radius 3 is 3.00 bits per heavy atom. The van der Waals surface area contributed by atoms with Crippen LogP contribution < -0.4 is 10.9 Å². The van der Waals surface area contributed by atoms with Crippen molar-refractivity contribution >= 4 is 27.5 Å². The average Bonchev–Trinajstić information content (AvgIpc) is 3.31. The number of hydrogen-bond acceptors (Lipinski definition) is 4. The predicted octanol–water partition coefficient (Wildman–Crippen LogP) is 2.25. The highest BCUT2D eigenvalue weighted by Gasteiger charge is 2.29. The molecule has 1 N–H and O–H groups in total. The van der Waals surface area contributed by atoms with Crippen molar-refractivity contribution in [2.24, 2.45) is 5.92 Å². The number of rotatable bonds is 4. The van der Waals surface area contributed by atoms with E-state index in [2.05, 4.69) is 10.3 Å². The van der Waals surface area contributed by atoms with E-state index in [1.807, 2.05) is 6.92 Å². The lowest BCUT2D eigenvalue weighted by Crippen LogP contribution is -2.38. The Kier molecular flexibility index (Phi) is 3.71. The van der Waals surface area contributed by atoms with Crippen molar-refractivity contribution in [3.8, 4) is 0 Å². The molecule has 1 fully saturated rings. The van der Waals surface area contributed by atoms with Gasteiger partial charge in [0, 0.05) is 10.9 Å². The van der Waals surface area contributed by atoms with Crippen LogP contribution in [-0.2, 0) is 24.2 Å². The summed E-state index contributed by atoms with van der Waals surface area (Å²) in [6.45, 7) is 2.10. The van der Waals surface area contributed by atoms with Crippen molar-refractivity contribution in [3.05, 3.63) is 27.1 Å². The lowest BCUT2D eigenvalue weighted by atomic mass is 9.97. The fraction of sp³-hybridized carbons (Fsp3) is 0.588. The number of nitrogens with one attached hydrogen (secondary N) is 1. The number of fused-ring (bicyclic) bond motifs is 3. The SMILES string of the molecule is C[C@@H](NC(=O)Cn1cnc2sc3c(c2c1=O)CCCC3)C1CC1. The van der Waals surface area contributed by atoms with Crippen molar-refractivity contribution < 1.29 is 4.79 Å². The summed E-state index contributed by atoms with van der Waals surface area (Å²) in [4.78, 5) is 31.5. The number of amides is 1. The van der Waals surface area contributed by atoms with Gasteiger partial charge in [-0.3, -0.25) is 14.2 Å². The monoisotopic (exact) mass is 331 g/mol. The Labute approximate surface area is 138 Å². The van der Waals surface area contributed by atoms with Crippen LogP contribution in [0.25, 0.3) is 10.2 Å². The lowest BCUT2D eigenvalue weighted by molar-refractivity contribution is -0.122. The molecule has 1 saturated carbocycles. The maximum absolute atomic E-state index is 12.8. The van der Waals surface area contributed by atoms with Gasteiger partial charge in [0.25, 0.3) is 5.56 Å². The van der Waals surface area contributed by atoms with Crippen LogP contribution in [0.5, 0.6) is 0 Å². The molecule has 0 aromatic carbocycles. The zero-order valence-electron chi connectivity index (χ0n) is 13.3. The normalized spacial score (nSPS) is 18.7. The van der Waals surface area contributed by atoms with E-state index in [1.165, 1.54) is 40.6 Å². The second-order valence-corrected chi connectivity index (χ2v) is 7.85. The van der Waals surface area contributed by atoms with Gasteiger partial charge in [0.2, 0.25) is 5.91 Å². The van der Waals surface area contributed by atoms with Crippen molar-refractivity contribution in [2.45, 2.75) is 58.0 Å². The standard InChI is InChI=1S/C17H21N3O2S/c1-10(11-6-7-11)19-14(21)8-20-9-18-16-15(17(20)22)12-4-2-3-5-13(12)23-16/h9-11H,2-8H2,1H3,(H,19,21)/t10-/m1/s1. The number of hydrogen-bond donors (Lipinski definition) is 1. The summed E-state index contributed by atoms with van der Waals surface area (Å²) in [5, 5.41) is 3.74. The highest BCUT2D eigenvalue weighted by Crippen LogP contribution is 2.33. The van der Waals surface area contributed by atoms with Gasteiger partial charge in [-0.1, -0.05) is 0 Å².